The molecule has 0 aromatic carbocycles. The third kappa shape index (κ3) is 1140. The van der Waals surface area contributed by atoms with Gasteiger partial charge in [0.1, 0.15) is 0 Å². The van der Waals surface area contributed by atoms with Gasteiger partial charge in [-0.2, -0.15) is 0 Å². The van der Waals surface area contributed by atoms with E-state index in [4.69, 9.17) is 36.7 Å². The Labute approximate surface area is 90.5 Å². The van der Waals surface area contributed by atoms with Crippen molar-refractivity contribution >= 4 is 36.8 Å². The van der Waals surface area contributed by atoms with Gasteiger partial charge in [0, 0.05) is 0 Å². The van der Waals surface area contributed by atoms with Gasteiger partial charge >= 0.3 is 34.4 Å². The summed E-state index contributed by atoms with van der Waals surface area (Å²) in [6.45, 7) is 0. The maximum atomic E-state index is 8.63. The average Bonchev–Trinajstić information content (AvgIpc) is 1.12. The minimum absolute atomic E-state index is 0. The molecule has 70 valence electrons. The van der Waals surface area contributed by atoms with Crippen molar-refractivity contribution in [1.29, 1.82) is 0 Å². The zero-order valence-electron chi connectivity index (χ0n) is 5.14. The van der Waals surface area contributed by atoms with Crippen LogP contribution in [0.5, 0.6) is 0 Å². The fraction of sp³-hybridized carbons (Fsp3) is 0. The van der Waals surface area contributed by atoms with Gasteiger partial charge in [0.25, 0.3) is 0 Å². The molecule has 0 bridgehead atoms. The predicted molar refractivity (Wildman–Crippen MR) is 23.8 cm³/mol. The second kappa shape index (κ2) is 8.57. The molecule has 0 heterocycles. The molecular formula is HAlFeO8SSi. The van der Waals surface area contributed by atoms with Crippen molar-refractivity contribution in [3.8, 4) is 0 Å². The van der Waals surface area contributed by atoms with Gasteiger partial charge in [0.05, 0.1) is 0 Å². The van der Waals surface area contributed by atoms with Crippen LogP contribution in [0, 0.1) is 0 Å². The molecule has 0 fully saturated rings. The van der Waals surface area contributed by atoms with Crippen LogP contribution in [-0.4, -0.2) is 43.9 Å². The fourth-order valence-electron chi connectivity index (χ4n) is 0. The smallest absolute Gasteiger partial charge is 0.894 e. The van der Waals surface area contributed by atoms with Crippen LogP contribution in [0.2, 0.25) is 0 Å². The molecule has 0 aliphatic rings. The van der Waals surface area contributed by atoms with Crippen molar-refractivity contribution in [2.24, 2.45) is 0 Å². The van der Waals surface area contributed by atoms with E-state index in [9.17, 15) is 0 Å². The Hall–Kier alpha value is 0.979. The van der Waals surface area contributed by atoms with Gasteiger partial charge in [-0.25, -0.2) is 8.42 Å². The van der Waals surface area contributed by atoms with Crippen LogP contribution < -0.4 is 19.2 Å². The molecule has 0 aliphatic carbocycles. The minimum Gasteiger partial charge on any atom is -0.894 e. The van der Waals surface area contributed by atoms with Gasteiger partial charge in [-0.1, -0.05) is 0 Å². The monoisotopic (exact) mass is 272 g/mol. The molecule has 0 aromatic rings. The largest absolute Gasteiger partial charge is 3.00 e. The molecule has 0 aromatic heterocycles. The van der Waals surface area contributed by atoms with Crippen LogP contribution in [0.25, 0.3) is 0 Å². The summed E-state index contributed by atoms with van der Waals surface area (Å²) in [5.41, 5.74) is 0. The van der Waals surface area contributed by atoms with Crippen LogP contribution in [0.15, 0.2) is 0 Å². The zero-order chi connectivity index (χ0) is 9.00. The summed E-state index contributed by atoms with van der Waals surface area (Å²) < 4.78 is 32.8. The zero-order valence-corrected chi connectivity index (χ0v) is 9.22. The summed E-state index contributed by atoms with van der Waals surface area (Å²) in [6, 6.07) is 0. The van der Waals surface area contributed by atoms with E-state index in [-0.39, 0.29) is 34.4 Å². The van der Waals surface area contributed by atoms with Crippen LogP contribution in [-0.2, 0) is 27.5 Å². The molecule has 0 saturated carbocycles. The van der Waals surface area contributed by atoms with Crippen LogP contribution in [0.3, 0.4) is 0 Å². The normalized spacial score (nSPS) is 9.83. The topological polar surface area (TPSA) is 170 Å². The van der Waals surface area contributed by atoms with Crippen LogP contribution >= 0.6 is 0 Å². The first-order valence-electron chi connectivity index (χ1n) is 1.50. The molecule has 0 unspecified atom stereocenters. The van der Waals surface area contributed by atoms with Gasteiger partial charge < -0.3 is 32.8 Å². The summed E-state index contributed by atoms with van der Waals surface area (Å²) in [4.78, 5) is 34.3. The van der Waals surface area contributed by atoms with Gasteiger partial charge in [0.15, 0.2) is 0 Å². The standard InChI is InChI=1S/Al.Fe.H2O4S.O4Si/c;;2*1-5(2,3)4/h;;(H2,1,2,3,4);/q+3;+2;;-4/p-1. The van der Waals surface area contributed by atoms with E-state index in [1.165, 1.54) is 0 Å². The molecule has 12 heteroatoms. The summed E-state index contributed by atoms with van der Waals surface area (Å²) >= 11 is 0. The predicted octanol–water partition coefficient (Wildman–Crippen LogP) is -6.52. The summed E-state index contributed by atoms with van der Waals surface area (Å²) in [5, 5.41) is 0. The first kappa shape index (κ1) is 23.1. The van der Waals surface area contributed by atoms with E-state index in [0.29, 0.717) is 0 Å². The van der Waals surface area contributed by atoms with Crippen molar-refractivity contribution in [2.45, 2.75) is 0 Å². The average molecular weight is 272 g/mol. The molecule has 0 radical (unpaired) electrons. The quantitative estimate of drug-likeness (QED) is 0.257. The van der Waals surface area contributed by atoms with Crippen LogP contribution in [0.1, 0.15) is 0 Å². The SMILES string of the molecule is O=S(=O)([O-])O.[Al+3].[Fe+2].[O-][Si]([O-])([O-])[O-]. The van der Waals surface area contributed by atoms with E-state index in [1.807, 2.05) is 0 Å². The molecule has 0 atom stereocenters. The van der Waals surface area contributed by atoms with Gasteiger partial charge in [0.2, 0.25) is 10.4 Å². The molecule has 0 spiro atoms. The first-order valence-corrected chi connectivity index (χ1v) is 4.50. The summed E-state index contributed by atoms with van der Waals surface area (Å²) in [6.07, 6.45) is 0. The van der Waals surface area contributed by atoms with Gasteiger partial charge in [-0.15, -0.1) is 0 Å². The van der Waals surface area contributed by atoms with Gasteiger partial charge in [-0.3, -0.25) is 4.55 Å². The van der Waals surface area contributed by atoms with E-state index in [0.717, 1.165) is 0 Å². The second-order valence-corrected chi connectivity index (χ2v) is 2.78. The van der Waals surface area contributed by atoms with E-state index < -0.39 is 19.4 Å². The Morgan fingerprint density at radius 3 is 1.08 bits per heavy atom. The molecule has 1 N–H and O–H groups in total. The Balaban J connectivity index is -0.0000000457. The molecule has 0 saturated heterocycles. The summed E-state index contributed by atoms with van der Waals surface area (Å²) in [5.74, 6) is 0. The Bertz CT molecular complexity index is 154. The number of rotatable bonds is 0. The van der Waals surface area contributed by atoms with Crippen LogP contribution in [0.4, 0.5) is 0 Å². The van der Waals surface area contributed by atoms with E-state index in [1.54, 1.807) is 0 Å². The maximum absolute atomic E-state index is 8.63. The second-order valence-electron chi connectivity index (χ2n) is 0.928. The van der Waals surface area contributed by atoms with E-state index in [2.05, 4.69) is 0 Å². The third-order valence-electron chi connectivity index (χ3n) is 0. The summed E-state index contributed by atoms with van der Waals surface area (Å²) in [7, 11) is -10.5. The Morgan fingerprint density at radius 1 is 1.08 bits per heavy atom. The first-order chi connectivity index (χ1) is 4.00. The molecule has 8 nitrogen and oxygen atoms in total. The molecule has 12 heavy (non-hydrogen) atoms. The molecular weight excluding hydrogens is 271 g/mol. The van der Waals surface area contributed by atoms with Crippen molar-refractivity contribution in [2.75, 3.05) is 0 Å². The Morgan fingerprint density at radius 2 is 1.08 bits per heavy atom. The van der Waals surface area contributed by atoms with Gasteiger partial charge in [-0.05, 0) is 0 Å². The number of hydrogen-bond donors (Lipinski definition) is 1. The third-order valence-corrected chi connectivity index (χ3v) is 0. The van der Waals surface area contributed by atoms with Crippen molar-refractivity contribution in [3.05, 3.63) is 0 Å². The van der Waals surface area contributed by atoms with E-state index >= 15 is 0 Å². The molecule has 0 aliphatic heterocycles. The molecule has 0 rings (SSSR count). The fourth-order valence-corrected chi connectivity index (χ4v) is 0. The molecule has 0 amide bonds. The minimum atomic E-state index is -5.61. The van der Waals surface area contributed by atoms with Crippen molar-refractivity contribution in [3.63, 3.8) is 0 Å². The Kier molecular flexibility index (Phi) is 16.5. The van der Waals surface area contributed by atoms with Crippen molar-refractivity contribution < 1.29 is 53.8 Å². The maximum Gasteiger partial charge on any atom is 3.00 e. The number of hydrogen-bond acceptors (Lipinski definition) is 7. The van der Waals surface area contributed by atoms with Crippen molar-refractivity contribution in [1.82, 2.24) is 0 Å².